The fourth-order valence-electron chi connectivity index (χ4n) is 3.26. The van der Waals surface area contributed by atoms with Crippen molar-refractivity contribution in [3.05, 3.63) is 59.2 Å². The van der Waals surface area contributed by atoms with Crippen LogP contribution in [0.1, 0.15) is 30.0 Å². The van der Waals surface area contributed by atoms with Crippen molar-refractivity contribution in [2.24, 2.45) is 0 Å². The van der Waals surface area contributed by atoms with Crippen molar-refractivity contribution in [1.29, 1.82) is 5.26 Å². The summed E-state index contributed by atoms with van der Waals surface area (Å²) in [7, 11) is 0. The SMILES string of the molecule is CCCN1CC(c2c(C#N)ccc(N)c2-c2ccc(C)cc2)=CC1=O. The van der Waals surface area contributed by atoms with Crippen LogP contribution in [-0.4, -0.2) is 23.9 Å². The first-order valence-corrected chi connectivity index (χ1v) is 8.44. The zero-order chi connectivity index (χ0) is 18.0. The van der Waals surface area contributed by atoms with Gasteiger partial charge in [-0.05, 0) is 36.6 Å². The van der Waals surface area contributed by atoms with Crippen molar-refractivity contribution in [3.8, 4) is 17.2 Å². The summed E-state index contributed by atoms with van der Waals surface area (Å²) in [6, 6.07) is 13.8. The lowest BCUT2D eigenvalue weighted by Gasteiger charge is -2.18. The first-order valence-electron chi connectivity index (χ1n) is 8.44. The van der Waals surface area contributed by atoms with Crippen LogP contribution in [0.15, 0.2) is 42.5 Å². The lowest BCUT2D eigenvalue weighted by atomic mass is 9.89. The van der Waals surface area contributed by atoms with Crippen LogP contribution in [0, 0.1) is 18.3 Å². The molecule has 0 saturated heterocycles. The van der Waals surface area contributed by atoms with E-state index in [1.54, 1.807) is 23.1 Å². The van der Waals surface area contributed by atoms with Gasteiger partial charge in [0.2, 0.25) is 5.91 Å². The van der Waals surface area contributed by atoms with Crippen LogP contribution in [0.5, 0.6) is 0 Å². The average Bonchev–Trinajstić information content (AvgIpc) is 2.96. The van der Waals surface area contributed by atoms with Gasteiger partial charge in [-0.2, -0.15) is 5.26 Å². The van der Waals surface area contributed by atoms with Gasteiger partial charge in [-0.3, -0.25) is 4.79 Å². The van der Waals surface area contributed by atoms with E-state index in [-0.39, 0.29) is 5.91 Å². The molecule has 3 rings (SSSR count). The maximum Gasteiger partial charge on any atom is 0.247 e. The Morgan fingerprint density at radius 2 is 1.88 bits per heavy atom. The number of hydrogen-bond acceptors (Lipinski definition) is 3. The van der Waals surface area contributed by atoms with Crippen LogP contribution in [0.4, 0.5) is 5.69 Å². The lowest BCUT2D eigenvalue weighted by molar-refractivity contribution is -0.124. The second-order valence-corrected chi connectivity index (χ2v) is 6.36. The second kappa shape index (κ2) is 6.82. The molecule has 0 radical (unpaired) electrons. The minimum Gasteiger partial charge on any atom is -0.398 e. The third-order valence-corrected chi connectivity index (χ3v) is 4.48. The number of nitrogens with zero attached hydrogens (tertiary/aromatic N) is 2. The minimum atomic E-state index is -0.00183. The Morgan fingerprint density at radius 3 is 2.52 bits per heavy atom. The van der Waals surface area contributed by atoms with Gasteiger partial charge in [-0.1, -0.05) is 36.8 Å². The first-order chi connectivity index (χ1) is 12.0. The van der Waals surface area contributed by atoms with E-state index in [4.69, 9.17) is 5.73 Å². The van der Waals surface area contributed by atoms with Crippen LogP contribution in [-0.2, 0) is 4.79 Å². The van der Waals surface area contributed by atoms with Crippen molar-refractivity contribution in [1.82, 2.24) is 4.90 Å². The molecule has 0 atom stereocenters. The maximum absolute atomic E-state index is 12.3. The van der Waals surface area contributed by atoms with E-state index >= 15 is 0 Å². The van der Waals surface area contributed by atoms with Gasteiger partial charge in [0.05, 0.1) is 11.6 Å². The highest BCUT2D eigenvalue weighted by atomic mass is 16.2. The molecule has 1 aliphatic heterocycles. The molecule has 4 heteroatoms. The minimum absolute atomic E-state index is 0.00183. The Hall–Kier alpha value is -3.06. The highest BCUT2D eigenvalue weighted by Gasteiger charge is 2.26. The molecule has 4 nitrogen and oxygen atoms in total. The Bertz CT molecular complexity index is 889. The van der Waals surface area contributed by atoms with Gasteiger partial charge < -0.3 is 10.6 Å². The molecule has 1 heterocycles. The van der Waals surface area contributed by atoms with E-state index in [1.807, 2.05) is 38.1 Å². The fraction of sp³-hybridized carbons (Fsp3) is 0.238. The molecule has 1 amide bonds. The summed E-state index contributed by atoms with van der Waals surface area (Å²) in [4.78, 5) is 14.1. The van der Waals surface area contributed by atoms with Gasteiger partial charge in [0.25, 0.3) is 0 Å². The van der Waals surface area contributed by atoms with E-state index < -0.39 is 0 Å². The van der Waals surface area contributed by atoms with Crippen molar-refractivity contribution in [2.75, 3.05) is 18.8 Å². The first kappa shape index (κ1) is 16.8. The van der Waals surface area contributed by atoms with Crippen molar-refractivity contribution in [2.45, 2.75) is 20.3 Å². The van der Waals surface area contributed by atoms with Crippen LogP contribution in [0.3, 0.4) is 0 Å². The molecule has 25 heavy (non-hydrogen) atoms. The molecule has 2 N–H and O–H groups in total. The molecule has 0 fully saturated rings. The summed E-state index contributed by atoms with van der Waals surface area (Å²) < 4.78 is 0. The topological polar surface area (TPSA) is 70.1 Å². The number of nitriles is 1. The Kier molecular flexibility index (Phi) is 4.58. The Morgan fingerprint density at radius 1 is 1.16 bits per heavy atom. The highest BCUT2D eigenvalue weighted by molar-refractivity contribution is 6.04. The van der Waals surface area contributed by atoms with Crippen molar-refractivity contribution < 1.29 is 4.79 Å². The van der Waals surface area contributed by atoms with Gasteiger partial charge in [0.15, 0.2) is 0 Å². The third-order valence-electron chi connectivity index (χ3n) is 4.48. The van der Waals surface area contributed by atoms with Crippen LogP contribution in [0.2, 0.25) is 0 Å². The van der Waals surface area contributed by atoms with Gasteiger partial charge in [-0.15, -0.1) is 0 Å². The molecule has 2 aromatic carbocycles. The number of anilines is 1. The van der Waals surface area contributed by atoms with Gasteiger partial charge >= 0.3 is 0 Å². The molecule has 2 aromatic rings. The van der Waals surface area contributed by atoms with E-state index in [1.165, 1.54) is 0 Å². The molecular weight excluding hydrogens is 310 g/mol. The quantitative estimate of drug-likeness (QED) is 0.867. The number of rotatable bonds is 4. The van der Waals surface area contributed by atoms with E-state index in [0.717, 1.165) is 34.2 Å². The number of carbonyl (C=O) groups excluding carboxylic acids is 1. The molecular formula is C21H21N3O. The van der Waals surface area contributed by atoms with E-state index in [0.29, 0.717) is 24.3 Å². The monoisotopic (exact) mass is 331 g/mol. The number of carbonyl (C=O) groups is 1. The smallest absolute Gasteiger partial charge is 0.247 e. The van der Waals surface area contributed by atoms with E-state index in [2.05, 4.69) is 6.07 Å². The molecule has 0 aliphatic carbocycles. The number of aryl methyl sites for hydroxylation is 1. The van der Waals surface area contributed by atoms with Crippen molar-refractivity contribution in [3.63, 3.8) is 0 Å². The third kappa shape index (κ3) is 3.14. The number of nitrogen functional groups attached to an aromatic ring is 1. The van der Waals surface area contributed by atoms with Crippen LogP contribution >= 0.6 is 0 Å². The molecule has 1 aliphatic rings. The number of amides is 1. The number of benzene rings is 2. The summed E-state index contributed by atoms with van der Waals surface area (Å²) in [6.45, 7) is 5.30. The lowest BCUT2D eigenvalue weighted by Crippen LogP contribution is -2.26. The Labute approximate surface area is 148 Å². The molecule has 0 saturated carbocycles. The van der Waals surface area contributed by atoms with Gasteiger partial charge in [-0.25, -0.2) is 0 Å². The zero-order valence-corrected chi connectivity index (χ0v) is 14.5. The number of nitrogens with two attached hydrogens (primary N) is 1. The predicted octanol–water partition coefficient (Wildman–Crippen LogP) is 3.75. The summed E-state index contributed by atoms with van der Waals surface area (Å²) in [5, 5.41) is 9.60. The Balaban J connectivity index is 2.17. The summed E-state index contributed by atoms with van der Waals surface area (Å²) >= 11 is 0. The summed E-state index contributed by atoms with van der Waals surface area (Å²) in [6.07, 6.45) is 2.54. The molecule has 0 bridgehead atoms. The van der Waals surface area contributed by atoms with Crippen molar-refractivity contribution >= 4 is 17.2 Å². The van der Waals surface area contributed by atoms with Crippen LogP contribution < -0.4 is 5.73 Å². The van der Waals surface area contributed by atoms with Crippen LogP contribution in [0.25, 0.3) is 16.7 Å². The van der Waals surface area contributed by atoms with E-state index in [9.17, 15) is 10.1 Å². The fourth-order valence-corrected chi connectivity index (χ4v) is 3.26. The predicted molar refractivity (Wildman–Crippen MR) is 101 cm³/mol. The largest absolute Gasteiger partial charge is 0.398 e. The molecule has 0 aromatic heterocycles. The summed E-state index contributed by atoms with van der Waals surface area (Å²) in [5.41, 5.74) is 12.0. The normalized spacial score (nSPS) is 13.7. The second-order valence-electron chi connectivity index (χ2n) is 6.36. The molecule has 0 spiro atoms. The number of hydrogen-bond donors (Lipinski definition) is 1. The highest BCUT2D eigenvalue weighted by Crippen LogP contribution is 2.38. The zero-order valence-electron chi connectivity index (χ0n) is 14.5. The molecule has 126 valence electrons. The standard InChI is InChI=1S/C21H21N3O/c1-3-10-24-13-17(11-19(24)25)20-16(12-22)8-9-18(23)21(20)15-6-4-14(2)5-7-15/h4-9,11H,3,10,13,23H2,1-2H3. The maximum atomic E-state index is 12.3. The van der Waals surface area contributed by atoms with Gasteiger partial charge in [0, 0.05) is 36.0 Å². The summed E-state index contributed by atoms with van der Waals surface area (Å²) in [5.74, 6) is -0.00183. The average molecular weight is 331 g/mol. The molecule has 0 unspecified atom stereocenters. The van der Waals surface area contributed by atoms with Gasteiger partial charge in [0.1, 0.15) is 0 Å².